The fourth-order valence-corrected chi connectivity index (χ4v) is 2.59. The van der Waals surface area contributed by atoms with Crippen molar-refractivity contribution in [1.29, 1.82) is 0 Å². The molecule has 0 aliphatic heterocycles. The fourth-order valence-electron chi connectivity index (χ4n) is 2.18. The number of aldehydes is 1. The summed E-state index contributed by atoms with van der Waals surface area (Å²) in [7, 11) is 0. The Morgan fingerprint density at radius 3 is 2.73 bits per heavy atom. The molecule has 0 spiro atoms. The van der Waals surface area contributed by atoms with Gasteiger partial charge in [-0.1, -0.05) is 28.4 Å². The molecule has 0 amide bonds. The zero-order valence-corrected chi connectivity index (χ0v) is 10.5. The van der Waals surface area contributed by atoms with Crippen molar-refractivity contribution in [2.45, 2.75) is 32.6 Å². The normalized spacial score (nSPS) is 18.3. The van der Waals surface area contributed by atoms with Gasteiger partial charge in [0.05, 0.1) is 0 Å². The first kappa shape index (κ1) is 10.9. The Balaban J connectivity index is 2.23. The van der Waals surface area contributed by atoms with Gasteiger partial charge < -0.3 is 4.79 Å². The first-order valence-electron chi connectivity index (χ1n) is 5.37. The van der Waals surface area contributed by atoms with Crippen molar-refractivity contribution in [3.05, 3.63) is 33.8 Å². The van der Waals surface area contributed by atoms with Gasteiger partial charge in [0, 0.05) is 9.89 Å². The number of hydrogen-bond donors (Lipinski definition) is 0. The number of carbonyl (C=O) groups is 1. The molecule has 1 aliphatic rings. The second-order valence-corrected chi connectivity index (χ2v) is 5.50. The molecule has 1 aliphatic carbocycles. The summed E-state index contributed by atoms with van der Waals surface area (Å²) in [4.78, 5) is 11.1. The molecule has 2 heteroatoms. The van der Waals surface area contributed by atoms with Gasteiger partial charge in [-0.25, -0.2) is 0 Å². The zero-order chi connectivity index (χ0) is 10.9. The quantitative estimate of drug-likeness (QED) is 0.764. The molecule has 1 saturated carbocycles. The number of carbonyl (C=O) groups excluding carboxylic acids is 1. The standard InChI is InChI=1S/C13H15BrO/c1-10-3-4-12(14)7-11(10)8-13(9-15)5-2-6-13/h3-4,7,9H,2,5-6,8H2,1H3. The minimum Gasteiger partial charge on any atom is -0.303 e. The highest BCUT2D eigenvalue weighted by Crippen LogP contribution is 2.42. The molecule has 1 nitrogen and oxygen atoms in total. The molecule has 0 atom stereocenters. The highest BCUT2D eigenvalue weighted by molar-refractivity contribution is 9.10. The lowest BCUT2D eigenvalue weighted by molar-refractivity contribution is -0.120. The monoisotopic (exact) mass is 266 g/mol. The van der Waals surface area contributed by atoms with E-state index in [1.807, 2.05) is 6.07 Å². The summed E-state index contributed by atoms with van der Waals surface area (Å²) in [5.74, 6) is 0. The molecule has 0 saturated heterocycles. The van der Waals surface area contributed by atoms with E-state index in [2.05, 4.69) is 35.0 Å². The van der Waals surface area contributed by atoms with Gasteiger partial charge in [-0.3, -0.25) is 0 Å². The van der Waals surface area contributed by atoms with Gasteiger partial charge in [0.15, 0.2) is 0 Å². The van der Waals surface area contributed by atoms with E-state index in [0.717, 1.165) is 30.0 Å². The molecule has 2 rings (SSSR count). The fraction of sp³-hybridized carbons (Fsp3) is 0.462. The minimum atomic E-state index is -0.0500. The van der Waals surface area contributed by atoms with Crippen LogP contribution in [0.15, 0.2) is 22.7 Å². The molecule has 0 bridgehead atoms. The Bertz CT molecular complexity index is 380. The van der Waals surface area contributed by atoms with Crippen LogP contribution in [0, 0.1) is 12.3 Å². The van der Waals surface area contributed by atoms with E-state index >= 15 is 0 Å². The van der Waals surface area contributed by atoms with Crippen molar-refractivity contribution in [2.24, 2.45) is 5.41 Å². The molecule has 0 unspecified atom stereocenters. The van der Waals surface area contributed by atoms with Crippen LogP contribution in [0.4, 0.5) is 0 Å². The van der Waals surface area contributed by atoms with Crippen molar-refractivity contribution in [3.8, 4) is 0 Å². The van der Waals surface area contributed by atoms with Crippen molar-refractivity contribution >= 4 is 22.2 Å². The van der Waals surface area contributed by atoms with Gasteiger partial charge in [-0.2, -0.15) is 0 Å². The lowest BCUT2D eigenvalue weighted by Crippen LogP contribution is -2.33. The third kappa shape index (κ3) is 2.15. The second-order valence-electron chi connectivity index (χ2n) is 4.58. The maximum atomic E-state index is 11.1. The van der Waals surface area contributed by atoms with Crippen molar-refractivity contribution < 1.29 is 4.79 Å². The van der Waals surface area contributed by atoms with Gasteiger partial charge in [-0.05, 0) is 49.4 Å². The number of hydrogen-bond acceptors (Lipinski definition) is 1. The van der Waals surface area contributed by atoms with E-state index in [1.165, 1.54) is 17.5 Å². The molecule has 1 aromatic carbocycles. The summed E-state index contributed by atoms with van der Waals surface area (Å²) in [5.41, 5.74) is 2.54. The summed E-state index contributed by atoms with van der Waals surface area (Å²) in [6, 6.07) is 6.29. The molecule has 80 valence electrons. The van der Waals surface area contributed by atoms with E-state index in [-0.39, 0.29) is 5.41 Å². The van der Waals surface area contributed by atoms with Crippen molar-refractivity contribution in [3.63, 3.8) is 0 Å². The summed E-state index contributed by atoms with van der Waals surface area (Å²) in [5, 5.41) is 0. The third-order valence-corrected chi connectivity index (χ3v) is 3.95. The maximum Gasteiger partial charge on any atom is 0.126 e. The van der Waals surface area contributed by atoms with E-state index < -0.39 is 0 Å². The highest BCUT2D eigenvalue weighted by atomic mass is 79.9. The third-order valence-electron chi connectivity index (χ3n) is 3.45. The molecule has 0 heterocycles. The topological polar surface area (TPSA) is 17.1 Å². The number of rotatable bonds is 3. The molecule has 1 fully saturated rings. The molecular formula is C13H15BrO. The summed E-state index contributed by atoms with van der Waals surface area (Å²) in [6.07, 6.45) is 5.38. The molecule has 15 heavy (non-hydrogen) atoms. The van der Waals surface area contributed by atoms with E-state index in [0.29, 0.717) is 0 Å². The van der Waals surface area contributed by atoms with Gasteiger partial charge in [0.1, 0.15) is 6.29 Å². The van der Waals surface area contributed by atoms with E-state index in [1.54, 1.807) is 0 Å². The van der Waals surface area contributed by atoms with Crippen LogP contribution in [-0.4, -0.2) is 6.29 Å². The molecule has 0 radical (unpaired) electrons. The second kappa shape index (κ2) is 4.09. The number of halogens is 1. The van der Waals surface area contributed by atoms with Crippen LogP contribution in [0.2, 0.25) is 0 Å². The van der Waals surface area contributed by atoms with Crippen LogP contribution in [0.25, 0.3) is 0 Å². The number of benzene rings is 1. The predicted molar refractivity (Wildman–Crippen MR) is 64.9 cm³/mol. The Hall–Kier alpha value is -0.630. The molecular weight excluding hydrogens is 252 g/mol. The van der Waals surface area contributed by atoms with E-state index in [4.69, 9.17) is 0 Å². The van der Waals surface area contributed by atoms with Crippen LogP contribution in [0.3, 0.4) is 0 Å². The largest absolute Gasteiger partial charge is 0.303 e. The zero-order valence-electron chi connectivity index (χ0n) is 8.92. The van der Waals surface area contributed by atoms with Crippen molar-refractivity contribution in [2.75, 3.05) is 0 Å². The number of aryl methyl sites for hydroxylation is 1. The summed E-state index contributed by atoms with van der Waals surface area (Å²) in [6.45, 7) is 2.11. The van der Waals surface area contributed by atoms with Crippen molar-refractivity contribution in [1.82, 2.24) is 0 Å². The summed E-state index contributed by atoms with van der Waals surface area (Å²) >= 11 is 3.48. The van der Waals surface area contributed by atoms with Gasteiger partial charge in [0.2, 0.25) is 0 Å². The van der Waals surface area contributed by atoms with Crippen LogP contribution in [0.5, 0.6) is 0 Å². The predicted octanol–water partition coefficient (Wildman–Crippen LogP) is 3.67. The SMILES string of the molecule is Cc1ccc(Br)cc1CC1(C=O)CCC1. The van der Waals surface area contributed by atoms with Gasteiger partial charge in [-0.15, -0.1) is 0 Å². The Kier molecular flexibility index (Phi) is 2.96. The first-order valence-corrected chi connectivity index (χ1v) is 6.16. The smallest absolute Gasteiger partial charge is 0.126 e. The van der Waals surface area contributed by atoms with E-state index in [9.17, 15) is 4.79 Å². The van der Waals surface area contributed by atoms with Gasteiger partial charge in [0.25, 0.3) is 0 Å². The average molecular weight is 267 g/mol. The molecule has 0 aromatic heterocycles. The highest BCUT2D eigenvalue weighted by Gasteiger charge is 2.36. The minimum absolute atomic E-state index is 0.0500. The Morgan fingerprint density at radius 2 is 2.20 bits per heavy atom. The molecule has 0 N–H and O–H groups in total. The van der Waals surface area contributed by atoms with Crippen LogP contribution in [-0.2, 0) is 11.2 Å². The lowest BCUT2D eigenvalue weighted by Gasteiger charge is -2.37. The molecule has 1 aromatic rings. The Labute approximate surface area is 99.0 Å². The van der Waals surface area contributed by atoms with Crippen LogP contribution >= 0.6 is 15.9 Å². The Morgan fingerprint density at radius 1 is 1.47 bits per heavy atom. The summed E-state index contributed by atoms with van der Waals surface area (Å²) < 4.78 is 1.10. The lowest BCUT2D eigenvalue weighted by atomic mass is 9.66. The van der Waals surface area contributed by atoms with Crippen LogP contribution < -0.4 is 0 Å². The maximum absolute atomic E-state index is 11.1. The average Bonchev–Trinajstić information content (AvgIpc) is 2.17. The van der Waals surface area contributed by atoms with Crippen LogP contribution in [0.1, 0.15) is 30.4 Å². The first-order chi connectivity index (χ1) is 7.15. The van der Waals surface area contributed by atoms with Gasteiger partial charge >= 0.3 is 0 Å².